The number of ether oxygens (including phenoxy) is 1. The number of anilines is 3. The van der Waals surface area contributed by atoms with E-state index in [9.17, 15) is 9.59 Å². The summed E-state index contributed by atoms with van der Waals surface area (Å²) in [6, 6.07) is 15.1. The van der Waals surface area contributed by atoms with E-state index >= 15 is 0 Å². The first-order chi connectivity index (χ1) is 20.6. The van der Waals surface area contributed by atoms with Crippen LogP contribution < -0.4 is 21.7 Å². The van der Waals surface area contributed by atoms with E-state index < -0.39 is 12.1 Å². The number of aromatic nitrogens is 3. The van der Waals surface area contributed by atoms with Gasteiger partial charge in [-0.05, 0) is 47.2 Å². The van der Waals surface area contributed by atoms with Gasteiger partial charge < -0.3 is 26.0 Å². The molecule has 2 amide bonds. The zero-order valence-electron chi connectivity index (χ0n) is 25.2. The predicted octanol–water partition coefficient (Wildman–Crippen LogP) is 4.48. The minimum absolute atomic E-state index is 0.0206. The molecule has 2 aromatic carbocycles. The molecule has 1 saturated heterocycles. The van der Waals surface area contributed by atoms with Gasteiger partial charge >= 0.3 is 6.09 Å². The Balaban J connectivity index is 1.30. The monoisotopic (exact) mass is 584 g/mol. The first-order valence-electron chi connectivity index (χ1n) is 14.7. The van der Waals surface area contributed by atoms with E-state index in [1.165, 1.54) is 0 Å². The number of nitrogens with zero attached hydrogens (tertiary/aromatic N) is 5. The maximum Gasteiger partial charge on any atom is 0.411 e. The van der Waals surface area contributed by atoms with Gasteiger partial charge in [-0.25, -0.2) is 9.78 Å². The summed E-state index contributed by atoms with van der Waals surface area (Å²) in [7, 11) is 0. The number of nitrogens with two attached hydrogens (primary N) is 2. The van der Waals surface area contributed by atoms with E-state index in [4.69, 9.17) is 21.2 Å². The van der Waals surface area contributed by atoms with Gasteiger partial charge in [-0.3, -0.25) is 10.1 Å². The lowest BCUT2D eigenvalue weighted by Gasteiger charge is -2.37. The Hall–Kier alpha value is -4.64. The zero-order chi connectivity index (χ0) is 30.7. The van der Waals surface area contributed by atoms with Crippen molar-refractivity contribution < 1.29 is 14.3 Å². The van der Waals surface area contributed by atoms with E-state index in [0.29, 0.717) is 36.8 Å². The molecule has 0 saturated carbocycles. The molecule has 226 valence electrons. The van der Waals surface area contributed by atoms with Gasteiger partial charge in [-0.15, -0.1) is 0 Å². The molecule has 1 aliphatic heterocycles. The van der Waals surface area contributed by atoms with Crippen LogP contribution in [0.3, 0.4) is 0 Å². The van der Waals surface area contributed by atoms with Crippen LogP contribution in [0.5, 0.6) is 0 Å². The molecule has 3 heterocycles. The third-order valence-corrected chi connectivity index (χ3v) is 7.67. The summed E-state index contributed by atoms with van der Waals surface area (Å²) in [5.41, 5.74) is 18.5. The molecule has 2 aromatic heterocycles. The van der Waals surface area contributed by atoms with Gasteiger partial charge in [-0.1, -0.05) is 52.0 Å². The maximum atomic E-state index is 12.7. The number of fused-ring (bicyclic) bond motifs is 1. The number of nitrogens with one attached hydrogen (secondary N) is 1. The summed E-state index contributed by atoms with van der Waals surface area (Å²) >= 11 is 0. The van der Waals surface area contributed by atoms with E-state index in [1.807, 2.05) is 56.9 Å². The van der Waals surface area contributed by atoms with Crippen LogP contribution >= 0.6 is 0 Å². The number of piperazine rings is 1. The number of benzene rings is 2. The number of nitrogen functional groups attached to an aromatic ring is 1. The SMILES string of the molecule is CC(C)COC(=O)Nc1ccc(-c2cnc3c(-c4cccc(N5CCN(C(=O)C(N)C(C)C)CC5)c4)cnn3c2N)cc1. The summed E-state index contributed by atoms with van der Waals surface area (Å²) < 4.78 is 6.83. The van der Waals surface area contributed by atoms with E-state index in [2.05, 4.69) is 27.4 Å². The molecular formula is C32H40N8O3. The summed E-state index contributed by atoms with van der Waals surface area (Å²) in [6.45, 7) is 11.0. The second-order valence-corrected chi connectivity index (χ2v) is 11.7. The van der Waals surface area contributed by atoms with Gasteiger partial charge in [0.1, 0.15) is 5.82 Å². The molecule has 1 fully saturated rings. The molecule has 5 N–H and O–H groups in total. The highest BCUT2D eigenvalue weighted by Crippen LogP contribution is 2.32. The minimum atomic E-state index is -0.485. The summed E-state index contributed by atoms with van der Waals surface area (Å²) in [4.78, 5) is 33.6. The van der Waals surface area contributed by atoms with Crippen LogP contribution in [-0.4, -0.2) is 70.3 Å². The van der Waals surface area contributed by atoms with Crippen LogP contribution in [0.2, 0.25) is 0 Å². The molecule has 4 aromatic rings. The summed E-state index contributed by atoms with van der Waals surface area (Å²) in [5.74, 6) is 0.859. The Labute approximate surface area is 251 Å². The molecule has 0 spiro atoms. The van der Waals surface area contributed by atoms with Crippen LogP contribution in [0.15, 0.2) is 60.9 Å². The van der Waals surface area contributed by atoms with Crippen molar-refractivity contribution in [2.75, 3.05) is 48.7 Å². The van der Waals surface area contributed by atoms with Crippen molar-refractivity contribution in [2.24, 2.45) is 17.6 Å². The molecule has 11 heteroatoms. The van der Waals surface area contributed by atoms with Crippen molar-refractivity contribution in [1.29, 1.82) is 0 Å². The molecule has 0 bridgehead atoms. The fourth-order valence-electron chi connectivity index (χ4n) is 5.06. The van der Waals surface area contributed by atoms with Crippen molar-refractivity contribution in [3.05, 3.63) is 60.9 Å². The highest BCUT2D eigenvalue weighted by Gasteiger charge is 2.27. The largest absolute Gasteiger partial charge is 0.449 e. The van der Waals surface area contributed by atoms with Gasteiger partial charge in [0.2, 0.25) is 5.91 Å². The van der Waals surface area contributed by atoms with Crippen LogP contribution in [0.25, 0.3) is 27.9 Å². The Kier molecular flexibility index (Phi) is 8.81. The minimum Gasteiger partial charge on any atom is -0.449 e. The third kappa shape index (κ3) is 6.56. The first kappa shape index (κ1) is 29.8. The Bertz CT molecular complexity index is 1590. The Morgan fingerprint density at radius 2 is 1.67 bits per heavy atom. The first-order valence-corrected chi connectivity index (χ1v) is 14.7. The fraction of sp³-hybridized carbons (Fsp3) is 0.375. The van der Waals surface area contributed by atoms with Crippen molar-refractivity contribution >= 4 is 34.8 Å². The van der Waals surface area contributed by atoms with Crippen LogP contribution in [0.1, 0.15) is 27.7 Å². The van der Waals surface area contributed by atoms with Gasteiger partial charge in [0.25, 0.3) is 0 Å². The second kappa shape index (κ2) is 12.7. The number of carbonyl (C=O) groups excluding carboxylic acids is 2. The molecule has 0 aliphatic carbocycles. The summed E-state index contributed by atoms with van der Waals surface area (Å²) in [6.07, 6.45) is 3.04. The number of amides is 2. The molecule has 0 radical (unpaired) electrons. The fourth-order valence-corrected chi connectivity index (χ4v) is 5.06. The van der Waals surface area contributed by atoms with Crippen molar-refractivity contribution in [2.45, 2.75) is 33.7 Å². The van der Waals surface area contributed by atoms with Crippen LogP contribution in [0.4, 0.5) is 22.0 Å². The lowest BCUT2D eigenvalue weighted by Crippen LogP contribution is -2.54. The van der Waals surface area contributed by atoms with Crippen molar-refractivity contribution in [3.63, 3.8) is 0 Å². The lowest BCUT2D eigenvalue weighted by molar-refractivity contribution is -0.133. The number of rotatable bonds is 8. The molecule has 11 nitrogen and oxygen atoms in total. The number of hydrogen-bond donors (Lipinski definition) is 3. The topological polar surface area (TPSA) is 144 Å². The quantitative estimate of drug-likeness (QED) is 0.275. The second-order valence-electron chi connectivity index (χ2n) is 11.7. The average molecular weight is 585 g/mol. The standard InChI is InChI=1S/C32H40N8O3/c1-20(2)19-43-32(42)37-24-10-8-22(9-11-24)26-17-35-30-27(18-36-40(30)29(26)34)23-6-5-7-25(16-23)38-12-14-39(15-13-38)31(41)28(33)21(3)4/h5-11,16-18,20-21,28H,12-15,19,33-34H2,1-4H3,(H,37,42). The van der Waals surface area contributed by atoms with Crippen LogP contribution in [0, 0.1) is 11.8 Å². The van der Waals surface area contributed by atoms with E-state index in [0.717, 1.165) is 41.0 Å². The van der Waals surface area contributed by atoms with Gasteiger partial charge in [0.05, 0.1) is 18.8 Å². The summed E-state index contributed by atoms with van der Waals surface area (Å²) in [5, 5.41) is 7.29. The van der Waals surface area contributed by atoms with E-state index in [1.54, 1.807) is 29.0 Å². The molecule has 43 heavy (non-hydrogen) atoms. The smallest absolute Gasteiger partial charge is 0.411 e. The van der Waals surface area contributed by atoms with Gasteiger partial charge in [-0.2, -0.15) is 9.61 Å². The number of carbonyl (C=O) groups is 2. The average Bonchev–Trinajstić information content (AvgIpc) is 3.45. The zero-order valence-corrected chi connectivity index (χ0v) is 25.2. The Morgan fingerprint density at radius 3 is 2.35 bits per heavy atom. The van der Waals surface area contributed by atoms with Crippen molar-refractivity contribution in [3.8, 4) is 22.3 Å². The molecule has 1 aliphatic rings. The predicted molar refractivity (Wildman–Crippen MR) is 170 cm³/mol. The normalized spacial score (nSPS) is 14.4. The van der Waals surface area contributed by atoms with Crippen LogP contribution in [-0.2, 0) is 9.53 Å². The maximum absolute atomic E-state index is 12.7. The van der Waals surface area contributed by atoms with Gasteiger partial charge in [0, 0.05) is 54.9 Å². The van der Waals surface area contributed by atoms with Gasteiger partial charge in [0.15, 0.2) is 5.65 Å². The lowest BCUT2D eigenvalue weighted by atomic mass is 10.0. The highest BCUT2D eigenvalue weighted by atomic mass is 16.5. The number of hydrogen-bond acceptors (Lipinski definition) is 8. The molecule has 1 atom stereocenters. The van der Waals surface area contributed by atoms with Crippen molar-refractivity contribution in [1.82, 2.24) is 19.5 Å². The third-order valence-electron chi connectivity index (χ3n) is 7.67. The highest BCUT2D eigenvalue weighted by molar-refractivity contribution is 5.86. The van der Waals surface area contributed by atoms with E-state index in [-0.39, 0.29) is 17.7 Å². The Morgan fingerprint density at radius 1 is 0.953 bits per heavy atom. The molecule has 5 rings (SSSR count). The molecular weight excluding hydrogens is 544 g/mol. The molecule has 1 unspecified atom stereocenters.